The number of amides is 1. The number of fused-ring (bicyclic) bond motifs is 1. The maximum atomic E-state index is 12.3. The zero-order chi connectivity index (χ0) is 18.3. The fourth-order valence-electron chi connectivity index (χ4n) is 2.50. The van der Waals surface area contributed by atoms with E-state index in [1.165, 1.54) is 11.3 Å². The summed E-state index contributed by atoms with van der Waals surface area (Å²) in [5.74, 6) is 0.255. The molecule has 3 aromatic heterocycles. The highest BCUT2D eigenvalue weighted by Gasteiger charge is 2.15. The Bertz CT molecular complexity index is 1140. The van der Waals surface area contributed by atoms with Gasteiger partial charge in [0.1, 0.15) is 5.69 Å². The summed E-state index contributed by atoms with van der Waals surface area (Å²) in [7, 11) is 0. The van der Waals surface area contributed by atoms with E-state index in [9.17, 15) is 4.79 Å². The lowest BCUT2D eigenvalue weighted by Gasteiger charge is -2.08. The molecule has 3 heterocycles. The molecule has 0 unspecified atom stereocenters. The molecule has 130 valence electrons. The summed E-state index contributed by atoms with van der Waals surface area (Å²) in [6.07, 6.45) is 1.80. The third kappa shape index (κ3) is 3.05. The predicted octanol–water partition coefficient (Wildman–Crippen LogP) is 4.72. The van der Waals surface area contributed by atoms with Gasteiger partial charge in [-0.05, 0) is 37.3 Å². The second-order valence-corrected chi connectivity index (χ2v) is 7.35. The number of carbonyl (C=O) groups excluding carboxylic acids is 1. The van der Waals surface area contributed by atoms with Gasteiger partial charge in [-0.2, -0.15) is 0 Å². The Hall–Kier alpha value is -2.48. The highest BCUT2D eigenvalue weighted by molar-refractivity contribution is 7.09. The molecule has 1 amide bonds. The van der Waals surface area contributed by atoms with Crippen molar-refractivity contribution in [3.8, 4) is 11.4 Å². The Morgan fingerprint density at radius 1 is 1.19 bits per heavy atom. The number of hydrogen-bond acceptors (Lipinski definition) is 5. The Balaban J connectivity index is 1.72. The van der Waals surface area contributed by atoms with Crippen molar-refractivity contribution in [1.29, 1.82) is 0 Å². The van der Waals surface area contributed by atoms with Crippen molar-refractivity contribution >= 4 is 51.8 Å². The van der Waals surface area contributed by atoms with Gasteiger partial charge in [-0.25, -0.2) is 4.98 Å². The SMILES string of the molecule is Cc1nc(C(=O)Nc2ccc(Cl)c(-c3nnc4c(Cl)cccn34)c2)cs1. The highest BCUT2D eigenvalue weighted by atomic mass is 35.5. The number of rotatable bonds is 3. The molecule has 0 aliphatic heterocycles. The molecule has 0 aliphatic rings. The Morgan fingerprint density at radius 3 is 2.81 bits per heavy atom. The second kappa shape index (κ2) is 6.68. The number of anilines is 1. The Labute approximate surface area is 162 Å². The van der Waals surface area contributed by atoms with Gasteiger partial charge in [0, 0.05) is 22.8 Å². The van der Waals surface area contributed by atoms with Gasteiger partial charge in [-0.1, -0.05) is 23.2 Å². The van der Waals surface area contributed by atoms with E-state index >= 15 is 0 Å². The summed E-state index contributed by atoms with van der Waals surface area (Å²) >= 11 is 13.9. The summed E-state index contributed by atoms with van der Waals surface area (Å²) in [5, 5.41) is 14.6. The minimum absolute atomic E-state index is 0.281. The number of halogens is 2. The van der Waals surface area contributed by atoms with E-state index in [1.807, 2.05) is 6.92 Å². The molecule has 4 rings (SSSR count). The van der Waals surface area contributed by atoms with Gasteiger partial charge in [0.15, 0.2) is 11.5 Å². The molecule has 0 bridgehead atoms. The number of nitrogens with one attached hydrogen (secondary N) is 1. The minimum Gasteiger partial charge on any atom is -0.321 e. The van der Waals surface area contributed by atoms with Crippen LogP contribution >= 0.6 is 34.5 Å². The van der Waals surface area contributed by atoms with E-state index in [-0.39, 0.29) is 5.91 Å². The smallest absolute Gasteiger partial charge is 0.275 e. The van der Waals surface area contributed by atoms with Crippen LogP contribution in [0.5, 0.6) is 0 Å². The van der Waals surface area contributed by atoms with E-state index in [1.54, 1.807) is 46.3 Å². The standard InChI is InChI=1S/C17H11Cl2N5OS/c1-9-20-14(8-26-9)17(25)21-10-4-5-12(18)11(7-10)15-22-23-16-13(19)3-2-6-24(15)16/h2-8H,1H3,(H,21,25). The summed E-state index contributed by atoms with van der Waals surface area (Å²) in [6.45, 7) is 1.85. The van der Waals surface area contributed by atoms with Gasteiger partial charge >= 0.3 is 0 Å². The molecule has 0 radical (unpaired) electrons. The second-order valence-electron chi connectivity index (χ2n) is 5.47. The molecule has 0 fully saturated rings. The van der Waals surface area contributed by atoms with Crippen LogP contribution in [0.25, 0.3) is 17.0 Å². The fourth-order valence-corrected chi connectivity index (χ4v) is 3.50. The molecule has 0 atom stereocenters. The van der Waals surface area contributed by atoms with Crippen LogP contribution in [0, 0.1) is 6.92 Å². The Kier molecular flexibility index (Phi) is 4.36. The van der Waals surface area contributed by atoms with Crippen molar-refractivity contribution in [2.75, 3.05) is 5.32 Å². The molecule has 6 nitrogen and oxygen atoms in total. The largest absolute Gasteiger partial charge is 0.321 e. The van der Waals surface area contributed by atoms with Crippen LogP contribution in [0.2, 0.25) is 10.0 Å². The summed E-state index contributed by atoms with van der Waals surface area (Å²) in [5.41, 5.74) is 2.13. The van der Waals surface area contributed by atoms with E-state index in [0.717, 1.165) is 5.01 Å². The van der Waals surface area contributed by atoms with E-state index in [4.69, 9.17) is 23.2 Å². The van der Waals surface area contributed by atoms with Crippen molar-refractivity contribution in [3.05, 3.63) is 62.7 Å². The molecule has 4 aromatic rings. The van der Waals surface area contributed by atoms with Crippen molar-refractivity contribution in [2.45, 2.75) is 6.92 Å². The third-order valence-electron chi connectivity index (χ3n) is 3.70. The van der Waals surface area contributed by atoms with Gasteiger partial charge in [0.05, 0.1) is 15.1 Å². The zero-order valence-corrected chi connectivity index (χ0v) is 15.7. The molecule has 1 N–H and O–H groups in total. The van der Waals surface area contributed by atoms with Crippen LogP contribution in [0.4, 0.5) is 5.69 Å². The number of hydrogen-bond donors (Lipinski definition) is 1. The van der Waals surface area contributed by atoms with Gasteiger partial charge < -0.3 is 5.32 Å². The first kappa shape index (κ1) is 17.0. The number of aromatic nitrogens is 4. The molecule has 26 heavy (non-hydrogen) atoms. The molecular formula is C17H11Cl2N5OS. The van der Waals surface area contributed by atoms with Gasteiger partial charge in [0.2, 0.25) is 0 Å². The van der Waals surface area contributed by atoms with Crippen LogP contribution in [0.3, 0.4) is 0 Å². The highest BCUT2D eigenvalue weighted by Crippen LogP contribution is 2.31. The van der Waals surface area contributed by atoms with Crippen LogP contribution in [0.15, 0.2) is 41.9 Å². The monoisotopic (exact) mass is 403 g/mol. The summed E-state index contributed by atoms with van der Waals surface area (Å²) in [4.78, 5) is 16.5. The Morgan fingerprint density at radius 2 is 2.04 bits per heavy atom. The number of pyridine rings is 1. The molecule has 0 aliphatic carbocycles. The molecule has 0 saturated heterocycles. The van der Waals surface area contributed by atoms with Gasteiger partial charge in [0.25, 0.3) is 5.91 Å². The van der Waals surface area contributed by atoms with E-state index < -0.39 is 0 Å². The van der Waals surface area contributed by atoms with Gasteiger partial charge in [-0.15, -0.1) is 21.5 Å². The third-order valence-corrected chi connectivity index (χ3v) is 5.10. The maximum Gasteiger partial charge on any atom is 0.275 e. The van der Waals surface area contributed by atoms with Crippen molar-refractivity contribution in [1.82, 2.24) is 19.6 Å². The average Bonchev–Trinajstić information content (AvgIpc) is 3.24. The molecule has 9 heteroatoms. The molecule has 0 saturated carbocycles. The van der Waals surface area contributed by atoms with E-state index in [0.29, 0.717) is 38.5 Å². The first-order chi connectivity index (χ1) is 12.5. The van der Waals surface area contributed by atoms with Gasteiger partial charge in [-0.3, -0.25) is 9.20 Å². The fraction of sp³-hybridized carbons (Fsp3) is 0.0588. The summed E-state index contributed by atoms with van der Waals surface area (Å²) in [6, 6.07) is 8.70. The zero-order valence-electron chi connectivity index (χ0n) is 13.4. The normalized spacial score (nSPS) is 11.0. The number of aryl methyl sites for hydroxylation is 1. The molecular weight excluding hydrogens is 393 g/mol. The van der Waals surface area contributed by atoms with Crippen molar-refractivity contribution in [3.63, 3.8) is 0 Å². The van der Waals surface area contributed by atoms with Crippen molar-refractivity contribution in [2.24, 2.45) is 0 Å². The van der Waals surface area contributed by atoms with Crippen LogP contribution in [0.1, 0.15) is 15.5 Å². The first-order valence-electron chi connectivity index (χ1n) is 7.55. The predicted molar refractivity (Wildman–Crippen MR) is 103 cm³/mol. The topological polar surface area (TPSA) is 72.2 Å². The lowest BCUT2D eigenvalue weighted by molar-refractivity contribution is 0.102. The van der Waals surface area contributed by atoms with Crippen LogP contribution in [-0.4, -0.2) is 25.5 Å². The quantitative estimate of drug-likeness (QED) is 0.536. The number of nitrogens with zero attached hydrogens (tertiary/aromatic N) is 4. The maximum absolute atomic E-state index is 12.3. The number of carbonyl (C=O) groups is 1. The van der Waals surface area contributed by atoms with Crippen LogP contribution < -0.4 is 5.32 Å². The first-order valence-corrected chi connectivity index (χ1v) is 9.19. The average molecular weight is 404 g/mol. The number of benzene rings is 1. The minimum atomic E-state index is -0.281. The number of thiazole rings is 1. The summed E-state index contributed by atoms with van der Waals surface area (Å²) < 4.78 is 1.75. The van der Waals surface area contributed by atoms with Crippen LogP contribution in [-0.2, 0) is 0 Å². The van der Waals surface area contributed by atoms with E-state index in [2.05, 4.69) is 20.5 Å². The van der Waals surface area contributed by atoms with Crippen molar-refractivity contribution < 1.29 is 4.79 Å². The lowest BCUT2D eigenvalue weighted by Crippen LogP contribution is -2.12. The molecule has 0 spiro atoms. The molecule has 1 aromatic carbocycles. The lowest BCUT2D eigenvalue weighted by atomic mass is 10.2.